The third-order valence-electron chi connectivity index (χ3n) is 1.18. The molecule has 0 aliphatic carbocycles. The molecule has 0 spiro atoms. The second-order valence-electron chi connectivity index (χ2n) is 1.90. The number of hydrogen-bond donors (Lipinski definition) is 1. The van der Waals surface area contributed by atoms with Gasteiger partial charge in [-0.05, 0) is 12.1 Å². The summed E-state index contributed by atoms with van der Waals surface area (Å²) in [6.45, 7) is 0.00534. The van der Waals surface area contributed by atoms with Crippen molar-refractivity contribution in [2.24, 2.45) is 5.73 Å². The van der Waals surface area contributed by atoms with E-state index < -0.39 is 0 Å². The van der Waals surface area contributed by atoms with Crippen molar-refractivity contribution >= 4 is 17.1 Å². The lowest BCUT2D eigenvalue weighted by molar-refractivity contribution is 0.100. The van der Waals surface area contributed by atoms with Crippen LogP contribution in [0.4, 0.5) is 0 Å². The summed E-state index contributed by atoms with van der Waals surface area (Å²) >= 11 is 1.17. The highest BCUT2D eigenvalue weighted by molar-refractivity contribution is 7.14. The van der Waals surface area contributed by atoms with E-state index in [0.717, 1.165) is 0 Å². The van der Waals surface area contributed by atoms with Crippen LogP contribution in [0.15, 0.2) is 12.1 Å². The number of nitrogens with zero attached hydrogens (tertiary/aromatic N) is 1. The van der Waals surface area contributed by atoms with Crippen molar-refractivity contribution in [2.75, 3.05) is 6.54 Å². The SMILES string of the molecule is N#Cc1ccc(C(=O)CN)s1. The monoisotopic (exact) mass is 166 g/mol. The molecule has 3 nitrogen and oxygen atoms in total. The average Bonchev–Trinajstić information content (AvgIpc) is 2.50. The Labute approximate surface area is 68.1 Å². The molecule has 0 saturated carbocycles. The molecule has 0 bridgehead atoms. The Balaban J connectivity index is 2.91. The molecule has 1 rings (SSSR count). The van der Waals surface area contributed by atoms with Gasteiger partial charge in [0, 0.05) is 0 Å². The summed E-state index contributed by atoms with van der Waals surface area (Å²) in [6.07, 6.45) is 0. The lowest BCUT2D eigenvalue weighted by Gasteiger charge is -1.87. The summed E-state index contributed by atoms with van der Waals surface area (Å²) in [5.74, 6) is -0.114. The lowest BCUT2D eigenvalue weighted by atomic mass is 10.3. The Morgan fingerprint density at radius 2 is 2.45 bits per heavy atom. The van der Waals surface area contributed by atoms with Crippen LogP contribution in [0.5, 0.6) is 0 Å². The molecule has 1 heterocycles. The predicted molar refractivity (Wildman–Crippen MR) is 42.4 cm³/mol. The normalized spacial score (nSPS) is 9.09. The maximum atomic E-state index is 10.9. The summed E-state index contributed by atoms with van der Waals surface area (Å²) < 4.78 is 0. The maximum Gasteiger partial charge on any atom is 0.186 e. The van der Waals surface area contributed by atoms with Gasteiger partial charge in [0.2, 0.25) is 0 Å². The third-order valence-corrected chi connectivity index (χ3v) is 2.21. The van der Waals surface area contributed by atoms with Gasteiger partial charge in [0.15, 0.2) is 5.78 Å². The molecule has 0 aromatic carbocycles. The average molecular weight is 166 g/mol. The number of nitrogens with two attached hydrogens (primary N) is 1. The minimum Gasteiger partial charge on any atom is -0.324 e. The number of thiophene rings is 1. The van der Waals surface area contributed by atoms with Gasteiger partial charge in [0.05, 0.1) is 11.4 Å². The van der Waals surface area contributed by atoms with Crippen LogP contribution < -0.4 is 5.73 Å². The molecular weight excluding hydrogens is 160 g/mol. The van der Waals surface area contributed by atoms with Gasteiger partial charge in [-0.25, -0.2) is 0 Å². The van der Waals surface area contributed by atoms with E-state index in [1.165, 1.54) is 11.3 Å². The summed E-state index contributed by atoms with van der Waals surface area (Å²) in [5.41, 5.74) is 5.13. The fraction of sp³-hybridized carbons (Fsp3) is 0.143. The van der Waals surface area contributed by atoms with Crippen LogP contribution >= 0.6 is 11.3 Å². The molecular formula is C7H6N2OS. The van der Waals surface area contributed by atoms with E-state index in [1.807, 2.05) is 6.07 Å². The van der Waals surface area contributed by atoms with Crippen LogP contribution in [-0.4, -0.2) is 12.3 Å². The highest BCUT2D eigenvalue weighted by Crippen LogP contribution is 2.14. The van der Waals surface area contributed by atoms with Gasteiger partial charge in [0.25, 0.3) is 0 Å². The molecule has 11 heavy (non-hydrogen) atoms. The Morgan fingerprint density at radius 1 is 1.73 bits per heavy atom. The molecule has 0 unspecified atom stereocenters. The predicted octanol–water partition coefficient (Wildman–Crippen LogP) is 0.761. The number of Topliss-reactive ketones (excluding diaryl/α,β-unsaturated/α-hetero) is 1. The Morgan fingerprint density at radius 3 is 2.91 bits per heavy atom. The third kappa shape index (κ3) is 1.64. The van der Waals surface area contributed by atoms with Gasteiger partial charge >= 0.3 is 0 Å². The number of hydrogen-bond acceptors (Lipinski definition) is 4. The lowest BCUT2D eigenvalue weighted by Crippen LogP contribution is -2.11. The first-order valence-electron chi connectivity index (χ1n) is 3.01. The van der Waals surface area contributed by atoms with Gasteiger partial charge < -0.3 is 5.73 Å². The van der Waals surface area contributed by atoms with Crippen molar-refractivity contribution < 1.29 is 4.79 Å². The number of carbonyl (C=O) groups excluding carboxylic acids is 1. The molecule has 1 aromatic heterocycles. The van der Waals surface area contributed by atoms with E-state index >= 15 is 0 Å². The van der Waals surface area contributed by atoms with Gasteiger partial charge in [-0.15, -0.1) is 11.3 Å². The van der Waals surface area contributed by atoms with Crippen LogP contribution in [-0.2, 0) is 0 Å². The fourth-order valence-corrected chi connectivity index (χ4v) is 1.40. The second kappa shape index (κ2) is 3.28. The Hall–Kier alpha value is -1.18. The molecule has 0 saturated heterocycles. The molecule has 0 amide bonds. The van der Waals surface area contributed by atoms with Crippen LogP contribution in [0.25, 0.3) is 0 Å². The highest BCUT2D eigenvalue weighted by atomic mass is 32.1. The first-order chi connectivity index (χ1) is 5.27. The van der Waals surface area contributed by atoms with Gasteiger partial charge in [-0.1, -0.05) is 0 Å². The summed E-state index contributed by atoms with van der Waals surface area (Å²) in [4.78, 5) is 12.0. The van der Waals surface area contributed by atoms with Gasteiger partial charge in [-0.2, -0.15) is 5.26 Å². The smallest absolute Gasteiger partial charge is 0.186 e. The van der Waals surface area contributed by atoms with E-state index in [9.17, 15) is 4.79 Å². The molecule has 56 valence electrons. The quantitative estimate of drug-likeness (QED) is 0.659. The van der Waals surface area contributed by atoms with E-state index in [0.29, 0.717) is 9.75 Å². The van der Waals surface area contributed by atoms with Gasteiger partial charge in [-0.3, -0.25) is 4.79 Å². The molecule has 0 fully saturated rings. The highest BCUT2D eigenvalue weighted by Gasteiger charge is 2.05. The molecule has 0 aliphatic rings. The van der Waals surface area contributed by atoms with Gasteiger partial charge in [0.1, 0.15) is 10.9 Å². The second-order valence-corrected chi connectivity index (χ2v) is 2.99. The number of ketones is 1. The Kier molecular flexibility index (Phi) is 2.36. The first-order valence-corrected chi connectivity index (χ1v) is 3.82. The van der Waals surface area contributed by atoms with Crippen molar-refractivity contribution in [3.8, 4) is 6.07 Å². The Bertz CT molecular complexity index is 310. The summed E-state index contributed by atoms with van der Waals surface area (Å²) in [6, 6.07) is 5.19. The van der Waals surface area contributed by atoms with Crippen LogP contribution in [0.2, 0.25) is 0 Å². The minimum atomic E-state index is -0.114. The zero-order valence-electron chi connectivity index (χ0n) is 5.70. The van der Waals surface area contributed by atoms with E-state index in [1.54, 1.807) is 12.1 Å². The minimum absolute atomic E-state index is 0.00534. The van der Waals surface area contributed by atoms with E-state index in [4.69, 9.17) is 11.0 Å². The van der Waals surface area contributed by atoms with Crippen molar-refractivity contribution in [3.63, 3.8) is 0 Å². The fourth-order valence-electron chi connectivity index (χ4n) is 0.648. The topological polar surface area (TPSA) is 66.9 Å². The largest absolute Gasteiger partial charge is 0.324 e. The van der Waals surface area contributed by atoms with Crippen LogP contribution in [0.1, 0.15) is 14.5 Å². The molecule has 0 radical (unpaired) electrons. The van der Waals surface area contributed by atoms with Crippen molar-refractivity contribution in [2.45, 2.75) is 0 Å². The van der Waals surface area contributed by atoms with E-state index in [-0.39, 0.29) is 12.3 Å². The zero-order valence-corrected chi connectivity index (χ0v) is 6.52. The number of carbonyl (C=O) groups is 1. The van der Waals surface area contributed by atoms with Crippen molar-refractivity contribution in [3.05, 3.63) is 21.9 Å². The molecule has 1 aromatic rings. The number of rotatable bonds is 2. The first kappa shape index (κ1) is 7.92. The molecule has 2 N–H and O–H groups in total. The van der Waals surface area contributed by atoms with Crippen molar-refractivity contribution in [1.29, 1.82) is 5.26 Å². The van der Waals surface area contributed by atoms with E-state index in [2.05, 4.69) is 0 Å². The standard InChI is InChI=1S/C7H6N2OS/c8-3-5-1-2-7(11-5)6(10)4-9/h1-2H,4,9H2. The molecule has 0 atom stereocenters. The van der Waals surface area contributed by atoms with Crippen LogP contribution in [0.3, 0.4) is 0 Å². The maximum absolute atomic E-state index is 10.9. The summed E-state index contributed by atoms with van der Waals surface area (Å²) in [5, 5.41) is 8.42. The molecule has 4 heteroatoms. The van der Waals surface area contributed by atoms with Crippen LogP contribution in [0, 0.1) is 11.3 Å². The van der Waals surface area contributed by atoms with Crippen molar-refractivity contribution in [1.82, 2.24) is 0 Å². The number of nitriles is 1. The zero-order chi connectivity index (χ0) is 8.27. The molecule has 0 aliphatic heterocycles. The summed E-state index contributed by atoms with van der Waals surface area (Å²) in [7, 11) is 0.